The van der Waals surface area contributed by atoms with Crippen molar-refractivity contribution in [1.82, 2.24) is 0 Å². The van der Waals surface area contributed by atoms with Gasteiger partial charge in [0.2, 0.25) is 0 Å². The molecule has 88 valence electrons. The Kier molecular flexibility index (Phi) is 3.36. The van der Waals surface area contributed by atoms with Gasteiger partial charge in [0.05, 0.1) is 5.56 Å². The van der Waals surface area contributed by atoms with Crippen molar-refractivity contribution in [3.8, 4) is 11.1 Å². The van der Waals surface area contributed by atoms with Crippen molar-refractivity contribution in [3.05, 3.63) is 57.6 Å². The van der Waals surface area contributed by atoms with E-state index >= 15 is 0 Å². The third-order valence-electron chi connectivity index (χ3n) is 2.34. The quantitative estimate of drug-likeness (QED) is 0.665. The number of hydrogen-bond acceptors (Lipinski definition) is 0. The molecule has 0 unspecified atom stereocenters. The van der Waals surface area contributed by atoms with E-state index in [1.165, 1.54) is 30.3 Å². The molecule has 0 spiro atoms. The van der Waals surface area contributed by atoms with Gasteiger partial charge in [-0.15, -0.1) is 0 Å². The maximum absolute atomic E-state index is 13.7. The van der Waals surface area contributed by atoms with Crippen molar-refractivity contribution in [2.24, 2.45) is 0 Å². The molecule has 17 heavy (non-hydrogen) atoms. The molecule has 0 nitrogen and oxygen atoms in total. The lowest BCUT2D eigenvalue weighted by atomic mass is 10.0. The Balaban J connectivity index is 2.68. The van der Waals surface area contributed by atoms with Gasteiger partial charge < -0.3 is 0 Å². The monoisotopic (exact) mass is 272 g/mol. The molecule has 0 fully saturated rings. The van der Waals surface area contributed by atoms with Crippen LogP contribution in [0.2, 0.25) is 10.0 Å². The Labute approximate surface area is 108 Å². The lowest BCUT2D eigenvalue weighted by molar-refractivity contribution is 0.588. The van der Waals surface area contributed by atoms with Gasteiger partial charge in [-0.3, -0.25) is 0 Å². The molecule has 0 aliphatic heterocycles. The summed E-state index contributed by atoms with van der Waals surface area (Å²) < 4.78 is 27.5. The highest BCUT2D eigenvalue weighted by Crippen LogP contribution is 2.31. The molecule has 0 heterocycles. The van der Waals surface area contributed by atoms with Crippen LogP contribution in [-0.2, 0) is 0 Å². The summed E-state index contributed by atoms with van der Waals surface area (Å²) in [5.74, 6) is -1.25. The van der Waals surface area contributed by atoms with Gasteiger partial charge in [0.15, 0.2) is 0 Å². The highest BCUT2D eigenvalue weighted by molar-refractivity contribution is 6.35. The molecule has 0 bridgehead atoms. The molecule has 2 rings (SSSR count). The summed E-state index contributed by atoms with van der Waals surface area (Å²) in [7, 11) is 0. The summed E-state index contributed by atoms with van der Waals surface area (Å²) in [6, 6.07) is 7.01. The molecule has 0 aliphatic rings. The average molecular weight is 273 g/mol. The number of rotatable bonds is 1. The molecule has 0 saturated carbocycles. The van der Waals surface area contributed by atoms with E-state index < -0.39 is 11.6 Å². The van der Waals surface area contributed by atoms with Gasteiger partial charge in [0.25, 0.3) is 0 Å². The molecule has 4 heteroatoms. The van der Waals surface area contributed by atoms with Crippen molar-refractivity contribution in [2.75, 3.05) is 0 Å². The van der Waals surface area contributed by atoms with Crippen molar-refractivity contribution in [3.63, 3.8) is 0 Å². The Morgan fingerprint density at radius 1 is 0.824 bits per heavy atom. The van der Waals surface area contributed by atoms with Crippen LogP contribution in [0.25, 0.3) is 11.1 Å². The average Bonchev–Trinajstić information content (AvgIpc) is 2.13. The molecule has 0 radical (unpaired) electrons. The molecule has 0 aromatic heterocycles. The molecule has 0 N–H and O–H groups in total. The van der Waals surface area contributed by atoms with E-state index in [0.717, 1.165) is 0 Å². The number of benzene rings is 2. The zero-order valence-corrected chi connectivity index (χ0v) is 10.4. The topological polar surface area (TPSA) is 0 Å². The molecule has 0 saturated heterocycles. The van der Waals surface area contributed by atoms with Crippen LogP contribution in [0.5, 0.6) is 0 Å². The van der Waals surface area contributed by atoms with Crippen LogP contribution in [0.3, 0.4) is 0 Å². The maximum Gasteiger partial charge on any atom is 0.134 e. The van der Waals surface area contributed by atoms with Crippen molar-refractivity contribution < 1.29 is 8.78 Å². The Hall–Kier alpha value is -1.12. The minimum absolute atomic E-state index is 0.111. The van der Waals surface area contributed by atoms with Gasteiger partial charge in [0, 0.05) is 10.0 Å². The largest absolute Gasteiger partial charge is 0.206 e. The lowest BCUT2D eigenvalue weighted by Crippen LogP contribution is -1.92. The van der Waals surface area contributed by atoms with Gasteiger partial charge in [-0.05, 0) is 48.4 Å². The van der Waals surface area contributed by atoms with Crippen LogP contribution in [0.15, 0.2) is 30.3 Å². The predicted octanol–water partition coefficient (Wildman–Crippen LogP) is 5.25. The van der Waals surface area contributed by atoms with E-state index in [9.17, 15) is 8.78 Å². The number of hydrogen-bond donors (Lipinski definition) is 0. The molecule has 0 atom stereocenters. The van der Waals surface area contributed by atoms with Crippen LogP contribution in [0, 0.1) is 18.6 Å². The third-order valence-corrected chi connectivity index (χ3v) is 2.77. The molecule has 2 aromatic carbocycles. The van der Waals surface area contributed by atoms with Crippen molar-refractivity contribution in [1.29, 1.82) is 0 Å². The SMILES string of the molecule is Cc1cc(F)c(-c2cc(Cl)cc(Cl)c2)c(F)c1. The summed E-state index contributed by atoms with van der Waals surface area (Å²) in [6.45, 7) is 1.63. The van der Waals surface area contributed by atoms with E-state index in [-0.39, 0.29) is 5.56 Å². The summed E-state index contributed by atoms with van der Waals surface area (Å²) in [5, 5.41) is 0.679. The number of halogens is 4. The van der Waals surface area contributed by atoms with Gasteiger partial charge in [-0.2, -0.15) is 0 Å². The first kappa shape index (κ1) is 12.3. The Morgan fingerprint density at radius 2 is 1.29 bits per heavy atom. The second-order valence-electron chi connectivity index (χ2n) is 3.76. The Bertz CT molecular complexity index is 536. The van der Waals surface area contributed by atoms with Crippen molar-refractivity contribution >= 4 is 23.2 Å². The zero-order chi connectivity index (χ0) is 12.6. The summed E-state index contributed by atoms with van der Waals surface area (Å²) in [4.78, 5) is 0. The first-order valence-electron chi connectivity index (χ1n) is 4.89. The van der Waals surface area contributed by atoms with Gasteiger partial charge in [-0.1, -0.05) is 23.2 Å². The first-order valence-corrected chi connectivity index (χ1v) is 5.65. The third kappa shape index (κ3) is 2.59. The van der Waals surface area contributed by atoms with Crippen LogP contribution < -0.4 is 0 Å². The van der Waals surface area contributed by atoms with E-state index in [2.05, 4.69) is 0 Å². The van der Waals surface area contributed by atoms with Crippen LogP contribution in [-0.4, -0.2) is 0 Å². The highest BCUT2D eigenvalue weighted by Gasteiger charge is 2.13. The standard InChI is InChI=1S/C13H8Cl2F2/c1-7-2-11(16)13(12(17)3-7)8-4-9(14)6-10(15)5-8/h2-6H,1H3. The zero-order valence-electron chi connectivity index (χ0n) is 8.90. The smallest absolute Gasteiger partial charge is 0.134 e. The molecular weight excluding hydrogens is 265 g/mol. The van der Waals surface area contributed by atoms with E-state index in [1.807, 2.05) is 0 Å². The molecule has 2 aromatic rings. The van der Waals surface area contributed by atoms with Crippen LogP contribution in [0.1, 0.15) is 5.56 Å². The van der Waals surface area contributed by atoms with Gasteiger partial charge >= 0.3 is 0 Å². The van der Waals surface area contributed by atoms with E-state index in [1.54, 1.807) is 6.92 Å². The summed E-state index contributed by atoms with van der Waals surface area (Å²) in [5.41, 5.74) is 0.745. The fraction of sp³-hybridized carbons (Fsp3) is 0.0769. The second-order valence-corrected chi connectivity index (χ2v) is 4.63. The van der Waals surface area contributed by atoms with Crippen molar-refractivity contribution in [2.45, 2.75) is 6.92 Å². The molecule has 0 amide bonds. The summed E-state index contributed by atoms with van der Waals surface area (Å²) in [6.07, 6.45) is 0. The lowest BCUT2D eigenvalue weighted by Gasteiger charge is -2.07. The Morgan fingerprint density at radius 3 is 1.76 bits per heavy atom. The fourth-order valence-corrected chi connectivity index (χ4v) is 2.20. The fourth-order valence-electron chi connectivity index (χ4n) is 1.67. The molecule has 0 aliphatic carbocycles. The summed E-state index contributed by atoms with van der Waals surface area (Å²) >= 11 is 11.6. The minimum Gasteiger partial charge on any atom is -0.206 e. The normalized spacial score (nSPS) is 10.6. The first-order chi connectivity index (χ1) is 7.97. The van der Waals surface area contributed by atoms with Crippen LogP contribution in [0.4, 0.5) is 8.78 Å². The predicted molar refractivity (Wildman–Crippen MR) is 66.6 cm³/mol. The number of aryl methyl sites for hydroxylation is 1. The van der Waals surface area contributed by atoms with Gasteiger partial charge in [-0.25, -0.2) is 8.78 Å². The minimum atomic E-state index is -0.624. The van der Waals surface area contributed by atoms with E-state index in [0.29, 0.717) is 21.2 Å². The van der Waals surface area contributed by atoms with Crippen LogP contribution >= 0.6 is 23.2 Å². The second kappa shape index (κ2) is 4.63. The van der Waals surface area contributed by atoms with Gasteiger partial charge in [0.1, 0.15) is 11.6 Å². The van der Waals surface area contributed by atoms with E-state index in [4.69, 9.17) is 23.2 Å². The molecular formula is C13H8Cl2F2. The highest BCUT2D eigenvalue weighted by atomic mass is 35.5. The maximum atomic E-state index is 13.7.